The molecule has 134 valence electrons. The van der Waals surface area contributed by atoms with Crippen LogP contribution >= 0.6 is 11.8 Å². The lowest BCUT2D eigenvalue weighted by Gasteiger charge is -2.55. The van der Waals surface area contributed by atoms with Gasteiger partial charge in [-0.25, -0.2) is 0 Å². The van der Waals surface area contributed by atoms with Crippen LogP contribution in [-0.2, 0) is 15.3 Å². The van der Waals surface area contributed by atoms with E-state index in [2.05, 4.69) is 23.0 Å². The molecule has 4 fully saturated rings. The van der Waals surface area contributed by atoms with Gasteiger partial charge in [-0.05, 0) is 61.8 Å². The number of thioether (sulfide) groups is 1. The van der Waals surface area contributed by atoms with E-state index in [-0.39, 0.29) is 17.2 Å². The molecule has 2 amide bonds. The Bertz CT molecular complexity index is 611. The zero-order valence-corrected chi connectivity index (χ0v) is 15.3. The average Bonchev–Trinajstić information content (AvgIpc) is 2.59. The largest absolute Gasteiger partial charge is 0.273 e. The second kappa shape index (κ2) is 7.02. The molecule has 0 radical (unpaired) electrons. The molecule has 5 rings (SSSR count). The molecule has 4 nitrogen and oxygen atoms in total. The van der Waals surface area contributed by atoms with Gasteiger partial charge in [0.2, 0.25) is 11.8 Å². The van der Waals surface area contributed by atoms with Gasteiger partial charge in [0.25, 0.3) is 0 Å². The number of rotatable bonds is 5. The van der Waals surface area contributed by atoms with E-state index in [9.17, 15) is 9.59 Å². The van der Waals surface area contributed by atoms with Gasteiger partial charge >= 0.3 is 0 Å². The van der Waals surface area contributed by atoms with E-state index in [0.717, 1.165) is 42.8 Å². The molecule has 4 saturated carbocycles. The minimum absolute atomic E-state index is 0.0491. The highest BCUT2D eigenvalue weighted by molar-refractivity contribution is 7.99. The first kappa shape index (κ1) is 17.0. The Morgan fingerprint density at radius 3 is 2.16 bits per heavy atom. The van der Waals surface area contributed by atoms with Gasteiger partial charge in [-0.2, -0.15) is 0 Å². The molecule has 2 N–H and O–H groups in total. The first-order valence-electron chi connectivity index (χ1n) is 9.34. The van der Waals surface area contributed by atoms with E-state index in [4.69, 9.17) is 0 Å². The van der Waals surface area contributed by atoms with E-state index in [1.807, 2.05) is 18.2 Å². The van der Waals surface area contributed by atoms with Crippen LogP contribution in [0.5, 0.6) is 0 Å². The normalized spacial score (nSPS) is 32.4. The Morgan fingerprint density at radius 1 is 0.960 bits per heavy atom. The fraction of sp³-hybridized carbons (Fsp3) is 0.600. The second-order valence-corrected chi connectivity index (χ2v) is 9.16. The van der Waals surface area contributed by atoms with Gasteiger partial charge in [0.05, 0.1) is 11.2 Å². The predicted molar refractivity (Wildman–Crippen MR) is 99.5 cm³/mol. The SMILES string of the molecule is O=C(CSCc1ccccc1)NNC(=O)C12CC3CC(CC(C3)C1)C2. The smallest absolute Gasteiger partial charge is 0.248 e. The number of hydrogen-bond acceptors (Lipinski definition) is 3. The highest BCUT2D eigenvalue weighted by Gasteiger charge is 2.54. The Hall–Kier alpha value is -1.49. The average molecular weight is 359 g/mol. The summed E-state index contributed by atoms with van der Waals surface area (Å²) < 4.78 is 0. The summed E-state index contributed by atoms with van der Waals surface area (Å²) in [5, 5.41) is 0. The lowest BCUT2D eigenvalue weighted by molar-refractivity contribution is -0.148. The van der Waals surface area contributed by atoms with Gasteiger partial charge in [-0.1, -0.05) is 30.3 Å². The maximum Gasteiger partial charge on any atom is 0.248 e. The number of nitrogens with one attached hydrogen (secondary N) is 2. The fourth-order valence-electron chi connectivity index (χ4n) is 5.52. The molecule has 0 heterocycles. The second-order valence-electron chi connectivity index (χ2n) is 8.18. The van der Waals surface area contributed by atoms with Gasteiger partial charge in [-0.3, -0.25) is 20.4 Å². The number of hydrogen-bond donors (Lipinski definition) is 2. The molecule has 1 aromatic carbocycles. The van der Waals surface area contributed by atoms with Crippen LogP contribution in [0.25, 0.3) is 0 Å². The number of carbonyl (C=O) groups is 2. The number of amides is 2. The van der Waals surface area contributed by atoms with Crippen LogP contribution in [0.2, 0.25) is 0 Å². The molecule has 25 heavy (non-hydrogen) atoms. The molecule has 4 aliphatic carbocycles. The highest BCUT2D eigenvalue weighted by atomic mass is 32.2. The van der Waals surface area contributed by atoms with E-state index < -0.39 is 0 Å². The van der Waals surface area contributed by atoms with Crippen LogP contribution < -0.4 is 10.9 Å². The monoisotopic (exact) mass is 358 g/mol. The van der Waals surface area contributed by atoms with Crippen molar-refractivity contribution in [3.05, 3.63) is 35.9 Å². The highest BCUT2D eigenvalue weighted by Crippen LogP contribution is 2.59. The third-order valence-corrected chi connectivity index (χ3v) is 7.18. The van der Waals surface area contributed by atoms with Crippen molar-refractivity contribution in [1.82, 2.24) is 10.9 Å². The predicted octanol–water partition coefficient (Wildman–Crippen LogP) is 3.28. The summed E-state index contributed by atoms with van der Waals surface area (Å²) in [6.07, 6.45) is 7.00. The van der Waals surface area contributed by atoms with Crippen molar-refractivity contribution in [1.29, 1.82) is 0 Å². The Morgan fingerprint density at radius 2 is 1.56 bits per heavy atom. The number of benzene rings is 1. The number of carbonyl (C=O) groups excluding carboxylic acids is 2. The minimum Gasteiger partial charge on any atom is -0.273 e. The standard InChI is InChI=1S/C20H26N2O2S/c23-18(13-25-12-14-4-2-1-3-5-14)21-22-19(24)20-9-15-6-16(10-20)8-17(7-15)11-20/h1-5,15-17H,6-13H2,(H,21,23)(H,22,24). The third-order valence-electron chi connectivity index (χ3n) is 6.18. The molecule has 0 aromatic heterocycles. The third kappa shape index (κ3) is 3.71. The molecular weight excluding hydrogens is 332 g/mol. The van der Waals surface area contributed by atoms with Crippen molar-refractivity contribution in [2.45, 2.75) is 44.3 Å². The Balaban J connectivity index is 1.23. The first-order chi connectivity index (χ1) is 12.1. The Labute approximate surface area is 153 Å². The van der Waals surface area contributed by atoms with E-state index in [0.29, 0.717) is 5.75 Å². The molecule has 4 bridgehead atoms. The zero-order valence-electron chi connectivity index (χ0n) is 14.5. The van der Waals surface area contributed by atoms with Gasteiger partial charge in [-0.15, -0.1) is 11.8 Å². The van der Waals surface area contributed by atoms with Crippen LogP contribution in [0.4, 0.5) is 0 Å². The summed E-state index contributed by atoms with van der Waals surface area (Å²) in [6, 6.07) is 10.1. The topological polar surface area (TPSA) is 58.2 Å². The summed E-state index contributed by atoms with van der Waals surface area (Å²) in [5.41, 5.74) is 6.37. The summed E-state index contributed by atoms with van der Waals surface area (Å²) in [4.78, 5) is 24.8. The zero-order chi connectivity index (χ0) is 17.3. The van der Waals surface area contributed by atoms with Crippen molar-refractivity contribution in [2.24, 2.45) is 23.2 Å². The molecule has 0 spiro atoms. The van der Waals surface area contributed by atoms with Crippen molar-refractivity contribution in [3.63, 3.8) is 0 Å². The molecule has 0 atom stereocenters. The summed E-state index contributed by atoms with van der Waals surface area (Å²) in [7, 11) is 0. The molecule has 0 aliphatic heterocycles. The van der Waals surface area contributed by atoms with E-state index in [1.165, 1.54) is 24.8 Å². The van der Waals surface area contributed by atoms with Crippen LogP contribution in [0.1, 0.15) is 44.1 Å². The van der Waals surface area contributed by atoms with Crippen LogP contribution in [0.3, 0.4) is 0 Å². The van der Waals surface area contributed by atoms with Crippen molar-refractivity contribution >= 4 is 23.6 Å². The molecule has 1 aromatic rings. The van der Waals surface area contributed by atoms with Crippen molar-refractivity contribution in [2.75, 3.05) is 5.75 Å². The lowest BCUT2D eigenvalue weighted by Crippen LogP contribution is -2.56. The van der Waals surface area contributed by atoms with Crippen LogP contribution in [0.15, 0.2) is 30.3 Å². The van der Waals surface area contributed by atoms with Crippen LogP contribution in [0, 0.1) is 23.2 Å². The first-order valence-corrected chi connectivity index (χ1v) is 10.5. The molecule has 0 saturated heterocycles. The lowest BCUT2D eigenvalue weighted by atomic mass is 9.49. The maximum absolute atomic E-state index is 12.8. The molecule has 4 aliphatic rings. The quantitative estimate of drug-likeness (QED) is 0.794. The fourth-order valence-corrected chi connectivity index (χ4v) is 6.31. The summed E-state index contributed by atoms with van der Waals surface area (Å²) in [6.45, 7) is 0. The van der Waals surface area contributed by atoms with E-state index >= 15 is 0 Å². The van der Waals surface area contributed by atoms with Gasteiger partial charge in [0.1, 0.15) is 0 Å². The molecular formula is C20H26N2O2S. The number of hydrazine groups is 1. The van der Waals surface area contributed by atoms with E-state index in [1.54, 1.807) is 11.8 Å². The maximum atomic E-state index is 12.8. The van der Waals surface area contributed by atoms with Gasteiger partial charge in [0, 0.05) is 5.75 Å². The van der Waals surface area contributed by atoms with Gasteiger partial charge in [0.15, 0.2) is 0 Å². The Kier molecular flexibility index (Phi) is 4.76. The van der Waals surface area contributed by atoms with Crippen molar-refractivity contribution < 1.29 is 9.59 Å². The van der Waals surface area contributed by atoms with Crippen LogP contribution in [-0.4, -0.2) is 17.6 Å². The molecule has 0 unspecified atom stereocenters. The van der Waals surface area contributed by atoms with Gasteiger partial charge < -0.3 is 0 Å². The summed E-state index contributed by atoms with van der Waals surface area (Å²) >= 11 is 1.56. The summed E-state index contributed by atoms with van der Waals surface area (Å²) in [5.74, 6) is 3.28. The molecule has 5 heteroatoms. The van der Waals surface area contributed by atoms with Crippen molar-refractivity contribution in [3.8, 4) is 0 Å². The minimum atomic E-state index is -0.209.